The number of hydrogen-bond donors (Lipinski definition) is 2. The molecule has 0 aliphatic rings. The van der Waals surface area contributed by atoms with E-state index in [0.29, 0.717) is 28.7 Å². The molecule has 3 heterocycles. The molecule has 3 aromatic heterocycles. The number of hydrogen-bond acceptors (Lipinski definition) is 5. The van der Waals surface area contributed by atoms with Crippen molar-refractivity contribution in [3.05, 3.63) is 104 Å². The third kappa shape index (κ3) is 3.68. The van der Waals surface area contributed by atoms with Gasteiger partial charge in [-0.3, -0.25) is 18.6 Å². The number of fused-ring (bicyclic) bond motifs is 2. The Kier molecular flexibility index (Phi) is 5.56. The van der Waals surface area contributed by atoms with Gasteiger partial charge in [-0.25, -0.2) is 19.0 Å². The molecule has 2 aromatic carbocycles. The summed E-state index contributed by atoms with van der Waals surface area (Å²) in [5.74, 6) is -2.76. The van der Waals surface area contributed by atoms with E-state index in [1.165, 1.54) is 30.3 Å². The van der Waals surface area contributed by atoms with Crippen molar-refractivity contribution >= 4 is 28.2 Å². The van der Waals surface area contributed by atoms with Gasteiger partial charge in [0, 0.05) is 23.9 Å². The molecule has 0 unspecified atom stereocenters. The van der Waals surface area contributed by atoms with Crippen LogP contribution in [0.1, 0.15) is 39.9 Å². The van der Waals surface area contributed by atoms with Crippen molar-refractivity contribution in [2.45, 2.75) is 19.9 Å². The highest BCUT2D eigenvalue weighted by molar-refractivity contribution is 6.09. The molecule has 10 heteroatoms. The molecule has 0 atom stereocenters. The molecule has 9 nitrogen and oxygen atoms in total. The number of pyridine rings is 1. The number of carbonyl (C=O) groups excluding carboxylic acids is 1. The van der Waals surface area contributed by atoms with E-state index >= 15 is 0 Å². The van der Waals surface area contributed by atoms with Gasteiger partial charge in [-0.1, -0.05) is 13.0 Å². The fraction of sp³-hybridized carbons (Fsp3) is 0.115. The van der Waals surface area contributed by atoms with E-state index in [1.54, 1.807) is 28.8 Å². The SMILES string of the molecule is CCCn1c(=O)[nH]c2ccc(C(=O)c3nc(-c4ccc(F)c(C(=O)O)c4)c4ccccn34)cc2c1=O. The molecule has 0 spiro atoms. The number of aromatic carboxylic acids is 1. The second-order valence-corrected chi connectivity index (χ2v) is 8.22. The van der Waals surface area contributed by atoms with E-state index in [4.69, 9.17) is 0 Å². The van der Waals surface area contributed by atoms with Gasteiger partial charge in [0.15, 0.2) is 5.82 Å². The largest absolute Gasteiger partial charge is 0.478 e. The minimum atomic E-state index is -1.42. The van der Waals surface area contributed by atoms with Gasteiger partial charge in [-0.05, 0) is 55.0 Å². The van der Waals surface area contributed by atoms with Crippen molar-refractivity contribution in [2.75, 3.05) is 0 Å². The second kappa shape index (κ2) is 8.73. The summed E-state index contributed by atoms with van der Waals surface area (Å²) in [5.41, 5.74) is 0.122. The van der Waals surface area contributed by atoms with Crippen molar-refractivity contribution in [1.82, 2.24) is 18.9 Å². The number of halogens is 1. The zero-order valence-corrected chi connectivity index (χ0v) is 19.0. The molecular weight excluding hydrogens is 467 g/mol. The van der Waals surface area contributed by atoms with Crippen LogP contribution in [0.15, 0.2) is 70.4 Å². The Morgan fingerprint density at radius 3 is 2.64 bits per heavy atom. The van der Waals surface area contributed by atoms with E-state index in [-0.39, 0.29) is 23.3 Å². The molecule has 0 aliphatic heterocycles. The lowest BCUT2D eigenvalue weighted by Crippen LogP contribution is -2.35. The number of nitrogens with one attached hydrogen (secondary N) is 1. The van der Waals surface area contributed by atoms with Gasteiger partial charge in [0.25, 0.3) is 5.56 Å². The van der Waals surface area contributed by atoms with Gasteiger partial charge in [0.05, 0.1) is 27.7 Å². The average Bonchev–Trinajstić information content (AvgIpc) is 3.26. The second-order valence-electron chi connectivity index (χ2n) is 8.22. The van der Waals surface area contributed by atoms with Crippen LogP contribution < -0.4 is 11.2 Å². The maximum absolute atomic E-state index is 14.0. The third-order valence-corrected chi connectivity index (χ3v) is 5.91. The van der Waals surface area contributed by atoms with Crippen LogP contribution in [-0.2, 0) is 6.54 Å². The first-order valence-corrected chi connectivity index (χ1v) is 11.1. The predicted octanol–water partition coefficient (Wildman–Crippen LogP) is 3.48. The van der Waals surface area contributed by atoms with Crippen molar-refractivity contribution in [1.29, 1.82) is 0 Å². The zero-order chi connectivity index (χ0) is 25.6. The Bertz CT molecular complexity index is 1820. The maximum Gasteiger partial charge on any atom is 0.338 e. The Balaban J connectivity index is 1.67. The summed E-state index contributed by atoms with van der Waals surface area (Å²) < 4.78 is 16.6. The van der Waals surface area contributed by atoms with Gasteiger partial charge >= 0.3 is 11.7 Å². The van der Waals surface area contributed by atoms with Crippen molar-refractivity contribution in [3.63, 3.8) is 0 Å². The van der Waals surface area contributed by atoms with E-state index in [1.807, 2.05) is 6.92 Å². The molecule has 0 bridgehead atoms. The summed E-state index contributed by atoms with van der Waals surface area (Å²) in [4.78, 5) is 57.2. The molecule has 2 N–H and O–H groups in total. The highest BCUT2D eigenvalue weighted by atomic mass is 19.1. The third-order valence-electron chi connectivity index (χ3n) is 5.91. The highest BCUT2D eigenvalue weighted by Crippen LogP contribution is 2.28. The first-order chi connectivity index (χ1) is 17.3. The molecule has 0 saturated carbocycles. The number of carboxylic acid groups (broad SMARTS) is 1. The van der Waals surface area contributed by atoms with Crippen LogP contribution in [0.4, 0.5) is 4.39 Å². The molecule has 0 saturated heterocycles. The average molecular weight is 486 g/mol. The molecule has 5 aromatic rings. The zero-order valence-electron chi connectivity index (χ0n) is 19.0. The number of nitrogens with zero attached hydrogens (tertiary/aromatic N) is 3. The topological polar surface area (TPSA) is 127 Å². The molecule has 36 heavy (non-hydrogen) atoms. The molecule has 0 amide bonds. The van der Waals surface area contributed by atoms with Crippen LogP contribution >= 0.6 is 0 Å². The summed E-state index contributed by atoms with van der Waals surface area (Å²) in [7, 11) is 0. The van der Waals surface area contributed by atoms with Crippen LogP contribution in [-0.4, -0.2) is 35.8 Å². The fourth-order valence-electron chi connectivity index (χ4n) is 4.19. The summed E-state index contributed by atoms with van der Waals surface area (Å²) >= 11 is 0. The molecule has 180 valence electrons. The molecule has 0 aliphatic carbocycles. The molecular formula is C26H19FN4O5. The Hall–Kier alpha value is -4.86. The predicted molar refractivity (Wildman–Crippen MR) is 130 cm³/mol. The number of H-pyrrole nitrogens is 1. The quantitative estimate of drug-likeness (QED) is 0.354. The van der Waals surface area contributed by atoms with Crippen LogP contribution in [0.3, 0.4) is 0 Å². The van der Waals surface area contributed by atoms with Gasteiger partial charge in [-0.15, -0.1) is 0 Å². The maximum atomic E-state index is 14.0. The number of imidazole rings is 1. The number of rotatable bonds is 6. The number of carbonyl (C=O) groups is 2. The van der Waals surface area contributed by atoms with Gasteiger partial charge in [-0.2, -0.15) is 0 Å². The summed E-state index contributed by atoms with van der Waals surface area (Å²) in [5, 5.41) is 9.50. The van der Waals surface area contributed by atoms with Crippen LogP contribution in [0.5, 0.6) is 0 Å². The molecule has 0 fully saturated rings. The molecule has 0 radical (unpaired) electrons. The lowest BCUT2D eigenvalue weighted by atomic mass is 10.1. The first-order valence-electron chi connectivity index (χ1n) is 11.1. The van der Waals surface area contributed by atoms with Crippen molar-refractivity contribution in [2.24, 2.45) is 0 Å². The fourth-order valence-corrected chi connectivity index (χ4v) is 4.19. The van der Waals surface area contributed by atoms with Gasteiger partial charge < -0.3 is 10.1 Å². The lowest BCUT2D eigenvalue weighted by Gasteiger charge is -2.06. The monoisotopic (exact) mass is 486 g/mol. The van der Waals surface area contributed by atoms with E-state index in [0.717, 1.165) is 10.6 Å². The minimum Gasteiger partial charge on any atom is -0.478 e. The number of carboxylic acids is 1. The number of benzene rings is 2. The standard InChI is InChI=1S/C26H19FN4O5/c1-2-10-31-24(33)17-13-15(7-9-19(17)28-26(31)36)22(32)23-29-21(20-5-3-4-11-30(20)23)14-6-8-18(27)16(12-14)25(34)35/h3-9,11-13H,2,10H2,1H3,(H,28,36)(H,34,35). The minimum absolute atomic E-state index is 0.0273. The van der Waals surface area contributed by atoms with Crippen molar-refractivity contribution in [3.8, 4) is 11.3 Å². The Morgan fingerprint density at radius 2 is 1.89 bits per heavy atom. The van der Waals surface area contributed by atoms with Crippen LogP contribution in [0.25, 0.3) is 27.7 Å². The van der Waals surface area contributed by atoms with Gasteiger partial charge in [0.1, 0.15) is 5.82 Å². The van der Waals surface area contributed by atoms with Gasteiger partial charge in [0.2, 0.25) is 5.78 Å². The Labute approximate surface area is 202 Å². The number of aromatic amines is 1. The highest BCUT2D eigenvalue weighted by Gasteiger charge is 2.22. The summed E-state index contributed by atoms with van der Waals surface area (Å²) in [6.07, 6.45) is 2.22. The lowest BCUT2D eigenvalue weighted by molar-refractivity contribution is 0.0691. The summed E-state index contributed by atoms with van der Waals surface area (Å²) in [6, 6.07) is 13.2. The summed E-state index contributed by atoms with van der Waals surface area (Å²) in [6.45, 7) is 2.09. The first kappa shape index (κ1) is 22.9. The van der Waals surface area contributed by atoms with E-state index in [9.17, 15) is 28.7 Å². The van der Waals surface area contributed by atoms with Crippen LogP contribution in [0.2, 0.25) is 0 Å². The Morgan fingerprint density at radius 1 is 1.08 bits per heavy atom. The normalized spacial score (nSPS) is 11.3. The van der Waals surface area contributed by atoms with Crippen molar-refractivity contribution < 1.29 is 19.1 Å². The van der Waals surface area contributed by atoms with Crippen LogP contribution in [0, 0.1) is 5.82 Å². The smallest absolute Gasteiger partial charge is 0.338 e. The number of ketones is 1. The molecule has 5 rings (SSSR count). The number of aromatic nitrogens is 4. The van der Waals surface area contributed by atoms with E-state index in [2.05, 4.69) is 9.97 Å². The van der Waals surface area contributed by atoms with E-state index < -0.39 is 34.4 Å².